The minimum atomic E-state index is -0.181. The molecule has 3 aromatic heterocycles. The van der Waals surface area contributed by atoms with E-state index in [1.54, 1.807) is 16.8 Å². The van der Waals surface area contributed by atoms with Gasteiger partial charge in [0.05, 0.1) is 11.9 Å². The van der Waals surface area contributed by atoms with Crippen molar-refractivity contribution in [3.63, 3.8) is 0 Å². The summed E-state index contributed by atoms with van der Waals surface area (Å²) in [6, 6.07) is 3.61. The maximum atomic E-state index is 12.5. The van der Waals surface area contributed by atoms with Gasteiger partial charge in [-0.05, 0) is 33.0 Å². The summed E-state index contributed by atoms with van der Waals surface area (Å²) in [5.41, 5.74) is 3.94. The zero-order valence-electron chi connectivity index (χ0n) is 16.4. The van der Waals surface area contributed by atoms with E-state index in [1.807, 2.05) is 23.9 Å². The average Bonchev–Trinajstić information content (AvgIpc) is 3.28. The Kier molecular flexibility index (Phi) is 5.85. The number of hydrogen-bond acceptors (Lipinski definition) is 5. The number of carbonyl (C=O) groups is 1. The SMILES string of the molecule is CCN(CC)CCNC(=O)c1cc2nccc(-c3cnn(CC)c3C)n2n1. The van der Waals surface area contributed by atoms with Gasteiger partial charge in [-0.15, -0.1) is 0 Å². The van der Waals surface area contributed by atoms with Crippen LogP contribution in [-0.4, -0.2) is 61.4 Å². The van der Waals surface area contributed by atoms with E-state index in [0.29, 0.717) is 17.9 Å². The summed E-state index contributed by atoms with van der Waals surface area (Å²) in [6.45, 7) is 12.5. The molecule has 0 aliphatic rings. The minimum absolute atomic E-state index is 0.181. The normalized spacial score (nSPS) is 11.4. The second-order valence-corrected chi connectivity index (χ2v) is 6.37. The van der Waals surface area contributed by atoms with Crippen LogP contribution in [0.15, 0.2) is 24.5 Å². The van der Waals surface area contributed by atoms with Crippen molar-refractivity contribution in [1.82, 2.24) is 34.6 Å². The fourth-order valence-corrected chi connectivity index (χ4v) is 3.18. The fraction of sp³-hybridized carbons (Fsp3) is 0.474. The molecule has 1 N–H and O–H groups in total. The molecule has 0 saturated carbocycles. The van der Waals surface area contributed by atoms with Crippen molar-refractivity contribution in [1.29, 1.82) is 0 Å². The van der Waals surface area contributed by atoms with Crippen molar-refractivity contribution in [2.75, 3.05) is 26.2 Å². The first-order chi connectivity index (χ1) is 13.1. The molecule has 0 fully saturated rings. The Morgan fingerprint density at radius 1 is 1.26 bits per heavy atom. The van der Waals surface area contributed by atoms with Crippen LogP contribution in [-0.2, 0) is 6.54 Å². The van der Waals surface area contributed by atoms with Gasteiger partial charge in [-0.25, -0.2) is 9.50 Å². The molecular weight excluding hydrogens is 342 g/mol. The number of amides is 1. The molecule has 0 saturated heterocycles. The van der Waals surface area contributed by atoms with Gasteiger partial charge in [0.15, 0.2) is 11.3 Å². The number of hydrogen-bond donors (Lipinski definition) is 1. The number of rotatable bonds is 8. The van der Waals surface area contributed by atoms with Gasteiger partial charge in [0, 0.05) is 43.2 Å². The van der Waals surface area contributed by atoms with E-state index in [0.717, 1.165) is 43.1 Å². The van der Waals surface area contributed by atoms with E-state index >= 15 is 0 Å². The van der Waals surface area contributed by atoms with Gasteiger partial charge in [0.25, 0.3) is 5.91 Å². The lowest BCUT2D eigenvalue weighted by molar-refractivity contribution is 0.0943. The Labute approximate surface area is 159 Å². The van der Waals surface area contributed by atoms with Gasteiger partial charge < -0.3 is 10.2 Å². The van der Waals surface area contributed by atoms with E-state index in [4.69, 9.17) is 0 Å². The predicted octanol–water partition coefficient (Wildman–Crippen LogP) is 1.99. The number of nitrogens with one attached hydrogen (secondary N) is 1. The van der Waals surface area contributed by atoms with Crippen LogP contribution in [0.1, 0.15) is 37.0 Å². The molecule has 1 amide bonds. The smallest absolute Gasteiger partial charge is 0.271 e. The summed E-state index contributed by atoms with van der Waals surface area (Å²) in [4.78, 5) is 19.1. The zero-order valence-corrected chi connectivity index (χ0v) is 16.4. The molecule has 0 atom stereocenters. The molecule has 144 valence electrons. The standard InChI is InChI=1S/C19H27N7O/c1-5-24(6-2)11-10-21-19(27)16-12-18-20-9-8-17(26(18)23-16)15-13-22-25(7-3)14(15)4/h8-9,12-13H,5-7,10-11H2,1-4H3,(H,21,27). The molecule has 3 heterocycles. The Morgan fingerprint density at radius 2 is 2.04 bits per heavy atom. The molecule has 3 rings (SSSR count). The van der Waals surface area contributed by atoms with Gasteiger partial charge in [-0.1, -0.05) is 13.8 Å². The Hall–Kier alpha value is -2.74. The molecule has 0 bridgehead atoms. The van der Waals surface area contributed by atoms with Crippen molar-refractivity contribution < 1.29 is 4.79 Å². The molecule has 8 nitrogen and oxygen atoms in total. The van der Waals surface area contributed by atoms with Crippen LogP contribution in [0.3, 0.4) is 0 Å². The van der Waals surface area contributed by atoms with E-state index < -0.39 is 0 Å². The van der Waals surface area contributed by atoms with Crippen molar-refractivity contribution in [2.24, 2.45) is 0 Å². The highest BCUT2D eigenvalue weighted by Crippen LogP contribution is 2.23. The van der Waals surface area contributed by atoms with Crippen molar-refractivity contribution >= 4 is 11.6 Å². The van der Waals surface area contributed by atoms with Crippen LogP contribution in [0, 0.1) is 6.92 Å². The molecule has 8 heteroatoms. The molecule has 0 radical (unpaired) electrons. The van der Waals surface area contributed by atoms with Crippen LogP contribution in [0.25, 0.3) is 16.9 Å². The quantitative estimate of drug-likeness (QED) is 0.657. The first-order valence-corrected chi connectivity index (χ1v) is 9.47. The van der Waals surface area contributed by atoms with Crippen LogP contribution in [0.5, 0.6) is 0 Å². The monoisotopic (exact) mass is 369 g/mol. The van der Waals surface area contributed by atoms with Gasteiger partial charge in [-0.2, -0.15) is 10.2 Å². The lowest BCUT2D eigenvalue weighted by Gasteiger charge is -2.17. The van der Waals surface area contributed by atoms with E-state index in [2.05, 4.69) is 46.2 Å². The summed E-state index contributed by atoms with van der Waals surface area (Å²) < 4.78 is 3.65. The maximum absolute atomic E-state index is 12.5. The average molecular weight is 369 g/mol. The first-order valence-electron chi connectivity index (χ1n) is 9.47. The summed E-state index contributed by atoms with van der Waals surface area (Å²) in [5.74, 6) is -0.181. The largest absolute Gasteiger partial charge is 0.349 e. The predicted molar refractivity (Wildman–Crippen MR) is 105 cm³/mol. The number of aryl methyl sites for hydroxylation is 1. The van der Waals surface area contributed by atoms with Gasteiger partial charge in [0.1, 0.15) is 0 Å². The number of aromatic nitrogens is 5. The second kappa shape index (κ2) is 8.30. The van der Waals surface area contributed by atoms with Crippen molar-refractivity contribution in [2.45, 2.75) is 34.2 Å². The molecule has 0 aliphatic carbocycles. The van der Waals surface area contributed by atoms with Crippen LogP contribution in [0.2, 0.25) is 0 Å². The number of likely N-dealkylation sites (N-methyl/N-ethyl adjacent to an activating group) is 1. The van der Waals surface area contributed by atoms with Crippen molar-refractivity contribution in [3.8, 4) is 11.3 Å². The van der Waals surface area contributed by atoms with Gasteiger partial charge in [-0.3, -0.25) is 9.48 Å². The maximum Gasteiger partial charge on any atom is 0.271 e. The highest BCUT2D eigenvalue weighted by molar-refractivity contribution is 5.93. The highest BCUT2D eigenvalue weighted by Gasteiger charge is 2.16. The summed E-state index contributed by atoms with van der Waals surface area (Å²) in [7, 11) is 0. The Bertz CT molecular complexity index is 923. The first kappa shape index (κ1) is 19.0. The van der Waals surface area contributed by atoms with Crippen LogP contribution >= 0.6 is 0 Å². The number of fused-ring (bicyclic) bond motifs is 1. The summed E-state index contributed by atoms with van der Waals surface area (Å²) in [5, 5.41) is 11.8. The third kappa shape index (κ3) is 3.85. The highest BCUT2D eigenvalue weighted by atomic mass is 16.1. The minimum Gasteiger partial charge on any atom is -0.349 e. The molecule has 0 aliphatic heterocycles. The Morgan fingerprint density at radius 3 is 2.70 bits per heavy atom. The molecular formula is C19H27N7O. The lowest BCUT2D eigenvalue weighted by Crippen LogP contribution is -2.34. The van der Waals surface area contributed by atoms with Crippen LogP contribution < -0.4 is 5.32 Å². The topological polar surface area (TPSA) is 80.4 Å². The number of carbonyl (C=O) groups excluding carboxylic acids is 1. The second-order valence-electron chi connectivity index (χ2n) is 6.37. The molecule has 0 unspecified atom stereocenters. The lowest BCUT2D eigenvalue weighted by atomic mass is 10.2. The molecule has 3 aromatic rings. The van der Waals surface area contributed by atoms with Gasteiger partial charge in [0.2, 0.25) is 0 Å². The summed E-state index contributed by atoms with van der Waals surface area (Å²) >= 11 is 0. The van der Waals surface area contributed by atoms with E-state index in [9.17, 15) is 4.79 Å². The third-order valence-corrected chi connectivity index (χ3v) is 4.88. The Balaban J connectivity index is 1.83. The van der Waals surface area contributed by atoms with E-state index in [1.165, 1.54) is 0 Å². The molecule has 27 heavy (non-hydrogen) atoms. The van der Waals surface area contributed by atoms with Crippen molar-refractivity contribution in [3.05, 3.63) is 35.9 Å². The fourth-order valence-electron chi connectivity index (χ4n) is 3.18. The summed E-state index contributed by atoms with van der Waals surface area (Å²) in [6.07, 6.45) is 3.57. The number of nitrogens with zero attached hydrogens (tertiary/aromatic N) is 6. The van der Waals surface area contributed by atoms with Crippen LogP contribution in [0.4, 0.5) is 0 Å². The zero-order chi connectivity index (χ0) is 19.4. The third-order valence-electron chi connectivity index (χ3n) is 4.88. The van der Waals surface area contributed by atoms with E-state index in [-0.39, 0.29) is 5.91 Å². The van der Waals surface area contributed by atoms with Gasteiger partial charge >= 0.3 is 0 Å². The molecule has 0 aromatic carbocycles. The molecule has 0 spiro atoms.